The summed E-state index contributed by atoms with van der Waals surface area (Å²) < 4.78 is 0. The van der Waals surface area contributed by atoms with Gasteiger partial charge in [0.15, 0.2) is 0 Å². The first kappa shape index (κ1) is 11.0. The first-order chi connectivity index (χ1) is 5.31. The van der Waals surface area contributed by atoms with Gasteiger partial charge in [-0.3, -0.25) is 4.79 Å². The molecular formula is C9H17ClO. The van der Waals surface area contributed by atoms with Gasteiger partial charge in [-0.15, -0.1) is 11.6 Å². The molecule has 0 aromatic heterocycles. The van der Waals surface area contributed by atoms with Crippen molar-refractivity contribution in [3.8, 4) is 0 Å². The summed E-state index contributed by atoms with van der Waals surface area (Å²) in [6.07, 6.45) is 5.98. The molecule has 0 aromatic carbocycles. The number of ketones is 1. The van der Waals surface area contributed by atoms with Crippen LogP contribution in [0.1, 0.15) is 45.4 Å². The van der Waals surface area contributed by atoms with Gasteiger partial charge in [0, 0.05) is 18.7 Å². The quantitative estimate of drug-likeness (QED) is 0.430. The summed E-state index contributed by atoms with van der Waals surface area (Å²) in [6, 6.07) is 0. The van der Waals surface area contributed by atoms with Gasteiger partial charge in [0.05, 0.1) is 0 Å². The maximum Gasteiger partial charge on any atom is 0.134 e. The normalized spacial score (nSPS) is 10.0. The minimum Gasteiger partial charge on any atom is -0.300 e. The number of Topliss-reactive ketones (excluding diaryl/α,β-unsaturated/α-hetero) is 1. The van der Waals surface area contributed by atoms with Gasteiger partial charge in [-0.05, 0) is 6.42 Å². The summed E-state index contributed by atoms with van der Waals surface area (Å²) in [5, 5.41) is 0. The fourth-order valence-corrected chi connectivity index (χ4v) is 1.19. The molecule has 0 saturated carbocycles. The van der Waals surface area contributed by atoms with E-state index >= 15 is 0 Å². The number of rotatable bonds is 7. The van der Waals surface area contributed by atoms with Gasteiger partial charge < -0.3 is 0 Å². The van der Waals surface area contributed by atoms with Gasteiger partial charge in [-0.25, -0.2) is 0 Å². The van der Waals surface area contributed by atoms with Crippen LogP contribution < -0.4 is 0 Å². The number of hydrogen-bond acceptors (Lipinski definition) is 1. The molecule has 0 fully saturated rings. The highest BCUT2D eigenvalue weighted by Gasteiger charge is 1.99. The third-order valence-electron chi connectivity index (χ3n) is 1.68. The van der Waals surface area contributed by atoms with Gasteiger partial charge in [0.1, 0.15) is 5.78 Å². The van der Waals surface area contributed by atoms with Gasteiger partial charge in [0.2, 0.25) is 0 Å². The van der Waals surface area contributed by atoms with Crippen LogP contribution in [0.4, 0.5) is 0 Å². The maximum atomic E-state index is 10.9. The van der Waals surface area contributed by atoms with Crippen LogP contribution in [0.3, 0.4) is 0 Å². The summed E-state index contributed by atoms with van der Waals surface area (Å²) in [5.74, 6) is 0.795. The van der Waals surface area contributed by atoms with Crippen LogP contribution in [-0.2, 0) is 4.79 Å². The fourth-order valence-electron chi connectivity index (χ4n) is 0.979. The maximum absolute atomic E-state index is 10.9. The van der Waals surface area contributed by atoms with Crippen LogP contribution in [0.15, 0.2) is 0 Å². The highest BCUT2D eigenvalue weighted by Crippen LogP contribution is 2.04. The molecule has 0 amide bonds. The molecule has 0 saturated heterocycles. The van der Waals surface area contributed by atoms with E-state index in [0.29, 0.717) is 18.1 Å². The Labute approximate surface area is 74.1 Å². The lowest BCUT2D eigenvalue weighted by Crippen LogP contribution is -1.97. The van der Waals surface area contributed by atoms with E-state index in [0.717, 1.165) is 12.8 Å². The molecule has 11 heavy (non-hydrogen) atoms. The van der Waals surface area contributed by atoms with Gasteiger partial charge in [-0.1, -0.05) is 26.2 Å². The standard InChI is InChI=1S/C9H17ClO/c1-2-3-4-5-6-9(11)7-8-10/h2-8H2,1H3. The third-order valence-corrected chi connectivity index (χ3v) is 1.87. The zero-order valence-electron chi connectivity index (χ0n) is 7.24. The Morgan fingerprint density at radius 3 is 2.45 bits per heavy atom. The van der Waals surface area contributed by atoms with Crippen molar-refractivity contribution in [3.63, 3.8) is 0 Å². The van der Waals surface area contributed by atoms with Crippen molar-refractivity contribution in [1.82, 2.24) is 0 Å². The molecule has 0 radical (unpaired) electrons. The van der Waals surface area contributed by atoms with E-state index < -0.39 is 0 Å². The molecule has 66 valence electrons. The lowest BCUT2D eigenvalue weighted by atomic mass is 10.1. The second-order valence-corrected chi connectivity index (χ2v) is 3.17. The molecule has 0 aliphatic heterocycles. The van der Waals surface area contributed by atoms with E-state index in [-0.39, 0.29) is 0 Å². The molecule has 0 aliphatic rings. The van der Waals surface area contributed by atoms with Gasteiger partial charge >= 0.3 is 0 Å². The van der Waals surface area contributed by atoms with Crippen LogP contribution in [0.25, 0.3) is 0 Å². The molecule has 0 atom stereocenters. The highest BCUT2D eigenvalue weighted by atomic mass is 35.5. The Balaban J connectivity index is 3.04. The van der Waals surface area contributed by atoms with Crippen molar-refractivity contribution in [1.29, 1.82) is 0 Å². The smallest absolute Gasteiger partial charge is 0.134 e. The van der Waals surface area contributed by atoms with Crippen LogP contribution in [0, 0.1) is 0 Å². The molecule has 0 aromatic rings. The summed E-state index contributed by atoms with van der Waals surface area (Å²) in [6.45, 7) is 2.17. The molecule has 0 rings (SSSR count). The monoisotopic (exact) mass is 176 g/mol. The minimum absolute atomic E-state index is 0.316. The Morgan fingerprint density at radius 2 is 1.91 bits per heavy atom. The van der Waals surface area contributed by atoms with Crippen LogP contribution in [-0.4, -0.2) is 11.7 Å². The number of carbonyl (C=O) groups is 1. The topological polar surface area (TPSA) is 17.1 Å². The first-order valence-corrected chi connectivity index (χ1v) is 4.92. The van der Waals surface area contributed by atoms with Gasteiger partial charge in [0.25, 0.3) is 0 Å². The molecular weight excluding hydrogens is 160 g/mol. The van der Waals surface area contributed by atoms with Gasteiger partial charge in [-0.2, -0.15) is 0 Å². The molecule has 1 nitrogen and oxygen atoms in total. The second kappa shape index (κ2) is 8.06. The average molecular weight is 177 g/mol. The van der Waals surface area contributed by atoms with Crippen LogP contribution in [0.2, 0.25) is 0 Å². The summed E-state index contributed by atoms with van der Waals surface area (Å²) in [4.78, 5) is 10.9. The van der Waals surface area contributed by atoms with E-state index in [1.165, 1.54) is 19.3 Å². The summed E-state index contributed by atoms with van der Waals surface area (Å²) in [7, 11) is 0. The Morgan fingerprint density at radius 1 is 1.18 bits per heavy atom. The van der Waals surface area contributed by atoms with Crippen molar-refractivity contribution < 1.29 is 4.79 Å². The zero-order valence-corrected chi connectivity index (χ0v) is 7.99. The minimum atomic E-state index is 0.316. The van der Waals surface area contributed by atoms with Crippen molar-refractivity contribution in [2.45, 2.75) is 45.4 Å². The predicted octanol–water partition coefficient (Wildman–Crippen LogP) is 3.15. The Kier molecular flexibility index (Phi) is 8.03. The molecule has 0 N–H and O–H groups in total. The Bertz CT molecular complexity index is 102. The summed E-state index contributed by atoms with van der Waals surface area (Å²) in [5.41, 5.74) is 0. The van der Waals surface area contributed by atoms with E-state index in [4.69, 9.17) is 11.6 Å². The lowest BCUT2D eigenvalue weighted by molar-refractivity contribution is -0.118. The average Bonchev–Trinajstić information content (AvgIpc) is 1.99. The molecule has 0 aliphatic carbocycles. The zero-order chi connectivity index (χ0) is 8.53. The fraction of sp³-hybridized carbons (Fsp3) is 0.889. The van der Waals surface area contributed by atoms with Crippen molar-refractivity contribution in [2.24, 2.45) is 0 Å². The van der Waals surface area contributed by atoms with Crippen molar-refractivity contribution >= 4 is 17.4 Å². The molecule has 2 heteroatoms. The highest BCUT2D eigenvalue weighted by molar-refractivity contribution is 6.19. The summed E-state index contributed by atoms with van der Waals surface area (Å²) >= 11 is 5.42. The SMILES string of the molecule is CCCCCCC(=O)CCCl. The second-order valence-electron chi connectivity index (χ2n) is 2.79. The number of alkyl halides is 1. The van der Waals surface area contributed by atoms with Crippen molar-refractivity contribution in [3.05, 3.63) is 0 Å². The number of hydrogen-bond donors (Lipinski definition) is 0. The Hall–Kier alpha value is -0.0400. The van der Waals surface area contributed by atoms with Crippen LogP contribution in [0.5, 0.6) is 0 Å². The van der Waals surface area contributed by atoms with E-state index in [1.807, 2.05) is 0 Å². The predicted molar refractivity (Wildman–Crippen MR) is 49.1 cm³/mol. The van der Waals surface area contributed by atoms with Crippen molar-refractivity contribution in [2.75, 3.05) is 5.88 Å². The first-order valence-electron chi connectivity index (χ1n) is 4.39. The van der Waals surface area contributed by atoms with E-state index in [2.05, 4.69) is 6.92 Å². The van der Waals surface area contributed by atoms with E-state index in [9.17, 15) is 4.79 Å². The molecule has 0 heterocycles. The molecule has 0 unspecified atom stereocenters. The van der Waals surface area contributed by atoms with Crippen LogP contribution >= 0.6 is 11.6 Å². The number of halogens is 1. The molecule has 0 spiro atoms. The molecule has 0 bridgehead atoms. The van der Waals surface area contributed by atoms with E-state index in [1.54, 1.807) is 0 Å². The number of carbonyl (C=O) groups excluding carboxylic acids is 1. The lowest BCUT2D eigenvalue weighted by Gasteiger charge is -1.97. The largest absolute Gasteiger partial charge is 0.300 e. The third kappa shape index (κ3) is 7.86. The number of unbranched alkanes of at least 4 members (excludes halogenated alkanes) is 3.